The molecule has 2 aromatic carbocycles. The SMILES string of the molecule is C[NH+](Cc1nnc(-c2ccc(Cl)cc2)o1)Cc1ccccc1F. The van der Waals surface area contributed by atoms with Gasteiger partial charge in [-0.3, -0.25) is 0 Å². The Morgan fingerprint density at radius 1 is 1.04 bits per heavy atom. The van der Waals surface area contributed by atoms with Crippen LogP contribution in [0, 0.1) is 5.82 Å². The lowest BCUT2D eigenvalue weighted by molar-refractivity contribution is -0.909. The van der Waals surface area contributed by atoms with Crippen LogP contribution in [-0.4, -0.2) is 17.2 Å². The van der Waals surface area contributed by atoms with Gasteiger partial charge in [0.15, 0.2) is 6.54 Å². The first kappa shape index (κ1) is 15.6. The molecule has 0 amide bonds. The quantitative estimate of drug-likeness (QED) is 0.781. The number of nitrogens with zero attached hydrogens (tertiary/aromatic N) is 2. The summed E-state index contributed by atoms with van der Waals surface area (Å²) in [7, 11) is 1.96. The van der Waals surface area contributed by atoms with Crippen molar-refractivity contribution >= 4 is 11.6 Å². The number of hydrogen-bond donors (Lipinski definition) is 1. The fraction of sp³-hybridized carbons (Fsp3) is 0.176. The summed E-state index contributed by atoms with van der Waals surface area (Å²) in [4.78, 5) is 1.06. The molecule has 6 heteroatoms. The highest BCUT2D eigenvalue weighted by Crippen LogP contribution is 2.19. The smallest absolute Gasteiger partial charge is 0.271 e. The van der Waals surface area contributed by atoms with E-state index in [9.17, 15) is 4.39 Å². The highest BCUT2D eigenvalue weighted by atomic mass is 35.5. The minimum atomic E-state index is -0.195. The molecule has 0 spiro atoms. The molecular formula is C17H16ClFN3O+. The van der Waals surface area contributed by atoms with Crippen LogP contribution in [0.25, 0.3) is 11.5 Å². The van der Waals surface area contributed by atoms with E-state index < -0.39 is 0 Å². The standard InChI is InChI=1S/C17H15ClFN3O/c1-22(10-13-4-2-3-5-15(13)19)11-16-20-21-17(23-16)12-6-8-14(18)9-7-12/h2-9H,10-11H2,1H3/p+1. The van der Waals surface area contributed by atoms with Crippen LogP contribution in [0.3, 0.4) is 0 Å². The van der Waals surface area contributed by atoms with Crippen molar-refractivity contribution in [2.75, 3.05) is 7.05 Å². The minimum Gasteiger partial charge on any atom is -0.415 e. The van der Waals surface area contributed by atoms with Crippen LogP contribution in [0.2, 0.25) is 5.02 Å². The van der Waals surface area contributed by atoms with Crippen LogP contribution in [0.1, 0.15) is 11.5 Å². The number of halogens is 2. The number of nitrogens with one attached hydrogen (secondary N) is 1. The number of quaternary nitrogens is 1. The second kappa shape index (κ2) is 6.89. The molecule has 1 atom stereocenters. The molecule has 0 saturated carbocycles. The first-order valence-corrected chi connectivity index (χ1v) is 7.62. The van der Waals surface area contributed by atoms with Crippen molar-refractivity contribution in [3.63, 3.8) is 0 Å². The monoisotopic (exact) mass is 332 g/mol. The van der Waals surface area contributed by atoms with Gasteiger partial charge in [0.1, 0.15) is 12.4 Å². The van der Waals surface area contributed by atoms with Crippen LogP contribution >= 0.6 is 11.6 Å². The van der Waals surface area contributed by atoms with E-state index in [1.54, 1.807) is 24.3 Å². The van der Waals surface area contributed by atoms with Crippen molar-refractivity contribution in [3.8, 4) is 11.5 Å². The second-order valence-electron chi connectivity index (χ2n) is 5.41. The molecule has 0 saturated heterocycles. The molecule has 1 heterocycles. The Balaban J connectivity index is 1.67. The van der Waals surface area contributed by atoms with Gasteiger partial charge in [-0.2, -0.15) is 0 Å². The molecule has 0 aliphatic rings. The molecule has 118 valence electrons. The molecule has 0 bridgehead atoms. The third kappa shape index (κ3) is 3.94. The number of aromatic nitrogens is 2. The molecule has 0 aliphatic carbocycles. The maximum atomic E-state index is 13.7. The Morgan fingerprint density at radius 2 is 1.78 bits per heavy atom. The van der Waals surface area contributed by atoms with Crippen molar-refractivity contribution < 1.29 is 13.7 Å². The molecule has 0 aliphatic heterocycles. The van der Waals surface area contributed by atoms with Gasteiger partial charge in [0.25, 0.3) is 5.89 Å². The summed E-state index contributed by atoms with van der Waals surface area (Å²) in [5, 5.41) is 8.76. The normalized spacial score (nSPS) is 12.3. The summed E-state index contributed by atoms with van der Waals surface area (Å²) < 4.78 is 19.3. The molecule has 1 unspecified atom stereocenters. The van der Waals surface area contributed by atoms with E-state index in [1.165, 1.54) is 6.07 Å². The van der Waals surface area contributed by atoms with Gasteiger partial charge < -0.3 is 9.32 Å². The predicted molar refractivity (Wildman–Crippen MR) is 85.4 cm³/mol. The average molecular weight is 333 g/mol. The van der Waals surface area contributed by atoms with Crippen molar-refractivity contribution in [1.29, 1.82) is 0 Å². The van der Waals surface area contributed by atoms with Crippen LogP contribution in [0.5, 0.6) is 0 Å². The first-order valence-electron chi connectivity index (χ1n) is 7.25. The molecule has 3 rings (SSSR count). The van der Waals surface area contributed by atoms with Crippen molar-refractivity contribution in [3.05, 3.63) is 70.8 Å². The molecule has 23 heavy (non-hydrogen) atoms. The third-order valence-electron chi connectivity index (χ3n) is 3.46. The zero-order valence-electron chi connectivity index (χ0n) is 12.6. The summed E-state index contributed by atoms with van der Waals surface area (Å²) in [5.74, 6) is 0.776. The number of rotatable bonds is 5. The van der Waals surface area contributed by atoms with Crippen molar-refractivity contribution in [2.45, 2.75) is 13.1 Å². The van der Waals surface area contributed by atoms with Crippen molar-refractivity contribution in [2.24, 2.45) is 0 Å². The summed E-state index contributed by atoms with van der Waals surface area (Å²) in [6, 6.07) is 14.0. The fourth-order valence-corrected chi connectivity index (χ4v) is 2.45. The molecule has 1 N–H and O–H groups in total. The molecule has 0 radical (unpaired) electrons. The van der Waals surface area contributed by atoms with Gasteiger partial charge in [-0.15, -0.1) is 10.2 Å². The Hall–Kier alpha value is -2.24. The highest BCUT2D eigenvalue weighted by molar-refractivity contribution is 6.30. The Morgan fingerprint density at radius 3 is 2.52 bits per heavy atom. The lowest BCUT2D eigenvalue weighted by Crippen LogP contribution is -3.06. The minimum absolute atomic E-state index is 0.195. The van der Waals surface area contributed by atoms with Crippen molar-refractivity contribution in [1.82, 2.24) is 10.2 Å². The fourth-order valence-electron chi connectivity index (χ4n) is 2.32. The summed E-state index contributed by atoms with van der Waals surface area (Å²) >= 11 is 5.86. The second-order valence-corrected chi connectivity index (χ2v) is 5.85. The van der Waals surface area contributed by atoms with E-state index in [0.29, 0.717) is 35.5 Å². The van der Waals surface area contributed by atoms with E-state index in [1.807, 2.05) is 25.2 Å². The zero-order valence-corrected chi connectivity index (χ0v) is 13.3. The maximum Gasteiger partial charge on any atom is 0.271 e. The molecule has 4 nitrogen and oxygen atoms in total. The molecular weight excluding hydrogens is 317 g/mol. The van der Waals surface area contributed by atoms with Gasteiger partial charge in [-0.05, 0) is 30.3 Å². The number of hydrogen-bond acceptors (Lipinski definition) is 3. The number of benzene rings is 2. The van der Waals surface area contributed by atoms with Gasteiger partial charge in [0.2, 0.25) is 5.89 Å². The highest BCUT2D eigenvalue weighted by Gasteiger charge is 2.14. The Kier molecular flexibility index (Phi) is 4.69. The summed E-state index contributed by atoms with van der Waals surface area (Å²) in [6.07, 6.45) is 0. The van der Waals surface area contributed by atoms with E-state index >= 15 is 0 Å². The largest absolute Gasteiger partial charge is 0.415 e. The van der Waals surface area contributed by atoms with E-state index in [2.05, 4.69) is 10.2 Å². The van der Waals surface area contributed by atoms with Crippen LogP contribution in [-0.2, 0) is 13.1 Å². The van der Waals surface area contributed by atoms with Crippen LogP contribution in [0.4, 0.5) is 4.39 Å². The first-order chi connectivity index (χ1) is 11.1. The van der Waals surface area contributed by atoms with Gasteiger partial charge >= 0.3 is 0 Å². The molecule has 0 fully saturated rings. The average Bonchev–Trinajstić information content (AvgIpc) is 2.98. The lowest BCUT2D eigenvalue weighted by Gasteiger charge is -2.12. The Bertz CT molecular complexity index is 789. The predicted octanol–water partition coefficient (Wildman–Crippen LogP) is 2.74. The van der Waals surface area contributed by atoms with Crippen LogP contribution in [0.15, 0.2) is 52.9 Å². The zero-order chi connectivity index (χ0) is 16.2. The van der Waals surface area contributed by atoms with Gasteiger partial charge in [-0.25, -0.2) is 4.39 Å². The lowest BCUT2D eigenvalue weighted by atomic mass is 10.2. The van der Waals surface area contributed by atoms with E-state index in [-0.39, 0.29) is 5.82 Å². The van der Waals surface area contributed by atoms with E-state index in [4.69, 9.17) is 16.0 Å². The maximum absolute atomic E-state index is 13.7. The summed E-state index contributed by atoms with van der Waals surface area (Å²) in [5.41, 5.74) is 1.49. The summed E-state index contributed by atoms with van der Waals surface area (Å²) in [6.45, 7) is 1.07. The van der Waals surface area contributed by atoms with Gasteiger partial charge in [0.05, 0.1) is 7.05 Å². The topological polar surface area (TPSA) is 43.4 Å². The molecule has 1 aromatic heterocycles. The van der Waals surface area contributed by atoms with Gasteiger partial charge in [0, 0.05) is 16.1 Å². The Labute approximate surface area is 138 Å². The van der Waals surface area contributed by atoms with Crippen LogP contribution < -0.4 is 4.90 Å². The third-order valence-corrected chi connectivity index (χ3v) is 3.71. The van der Waals surface area contributed by atoms with Gasteiger partial charge in [-0.1, -0.05) is 29.8 Å². The molecule has 3 aromatic rings. The van der Waals surface area contributed by atoms with E-state index in [0.717, 1.165) is 10.5 Å².